The zero-order valence-corrected chi connectivity index (χ0v) is 3.72. The number of amides is 1. The molecule has 34 valence electrons. The molecule has 0 fully saturated rings. The van der Waals surface area contributed by atoms with E-state index < -0.39 is 5.91 Å². The molecule has 0 aliphatic rings. The van der Waals surface area contributed by atoms with E-state index in [1.54, 1.807) is 0 Å². The standard InChI is InChI=1S/C5H4NO/c1-3-4-5(7)6-2/h1-2H,4H2/q+1. The van der Waals surface area contributed by atoms with Gasteiger partial charge in [0.25, 0.3) is 6.57 Å². The summed E-state index contributed by atoms with van der Waals surface area (Å²) >= 11 is 0. The van der Waals surface area contributed by atoms with Crippen LogP contribution in [0.3, 0.4) is 0 Å². The normalized spacial score (nSPS) is 6.00. The first-order valence-corrected chi connectivity index (χ1v) is 1.68. The summed E-state index contributed by atoms with van der Waals surface area (Å²) in [7, 11) is 0. The van der Waals surface area contributed by atoms with Gasteiger partial charge in [0.2, 0.25) is 0 Å². The highest BCUT2D eigenvalue weighted by molar-refractivity contribution is 5.87. The summed E-state index contributed by atoms with van der Waals surface area (Å²) in [5, 5.41) is 0. The van der Waals surface area contributed by atoms with E-state index >= 15 is 0 Å². The first-order chi connectivity index (χ1) is 3.31. The van der Waals surface area contributed by atoms with Gasteiger partial charge in [-0.3, -0.25) is 0 Å². The summed E-state index contributed by atoms with van der Waals surface area (Å²) in [5.74, 6) is 1.64. The van der Waals surface area contributed by atoms with Crippen molar-refractivity contribution in [3.8, 4) is 18.9 Å². The SMILES string of the molecule is C#CCC(=O)[N+]#C. The van der Waals surface area contributed by atoms with E-state index in [0.29, 0.717) is 0 Å². The van der Waals surface area contributed by atoms with Crippen LogP contribution in [0.5, 0.6) is 0 Å². The Hall–Kier alpha value is -1.28. The number of nitrogens with zero attached hydrogens (tertiary/aromatic N) is 1. The minimum atomic E-state index is -0.456. The van der Waals surface area contributed by atoms with Crippen molar-refractivity contribution in [3.05, 3.63) is 4.85 Å². The quantitative estimate of drug-likeness (QED) is 0.433. The van der Waals surface area contributed by atoms with Crippen LogP contribution in [0.4, 0.5) is 0 Å². The highest BCUT2D eigenvalue weighted by atomic mass is 16.1. The van der Waals surface area contributed by atoms with Crippen LogP contribution < -0.4 is 0 Å². The van der Waals surface area contributed by atoms with Crippen molar-refractivity contribution in [2.45, 2.75) is 6.42 Å². The van der Waals surface area contributed by atoms with E-state index in [0.717, 1.165) is 0 Å². The van der Waals surface area contributed by atoms with Crippen molar-refractivity contribution < 1.29 is 4.79 Å². The zero-order chi connectivity index (χ0) is 5.70. The van der Waals surface area contributed by atoms with Gasteiger partial charge >= 0.3 is 5.91 Å². The molecule has 0 aliphatic heterocycles. The maximum Gasteiger partial charge on any atom is 0.526 e. The van der Waals surface area contributed by atoms with Crippen LogP contribution in [-0.2, 0) is 4.79 Å². The van der Waals surface area contributed by atoms with E-state index in [9.17, 15) is 4.79 Å². The molecular weight excluding hydrogens is 90.1 g/mol. The summed E-state index contributed by atoms with van der Waals surface area (Å²) in [4.78, 5) is 12.8. The molecule has 0 saturated carbocycles. The molecule has 0 rings (SSSR count). The van der Waals surface area contributed by atoms with E-state index in [1.165, 1.54) is 0 Å². The third-order valence-electron chi connectivity index (χ3n) is 0.397. The first-order valence-electron chi connectivity index (χ1n) is 1.68. The molecular formula is C5H4NO+. The lowest BCUT2D eigenvalue weighted by atomic mass is 10.4. The number of carbonyl (C=O) groups is 1. The Balaban J connectivity index is 3.50. The minimum Gasteiger partial charge on any atom is -0.199 e. The molecule has 0 saturated heterocycles. The summed E-state index contributed by atoms with van der Waals surface area (Å²) in [6.07, 6.45) is 4.72. The third kappa shape index (κ3) is 2.52. The molecule has 0 aromatic rings. The fraction of sp³-hybridized carbons (Fsp3) is 0.200. The molecule has 0 aromatic carbocycles. The molecule has 0 aromatic heterocycles. The van der Waals surface area contributed by atoms with Crippen molar-refractivity contribution in [1.82, 2.24) is 0 Å². The number of rotatable bonds is 1. The van der Waals surface area contributed by atoms with Crippen LogP contribution >= 0.6 is 0 Å². The molecule has 2 nitrogen and oxygen atoms in total. The Labute approximate surface area is 42.0 Å². The number of hydrogen-bond acceptors (Lipinski definition) is 1. The van der Waals surface area contributed by atoms with Crippen molar-refractivity contribution in [2.75, 3.05) is 0 Å². The largest absolute Gasteiger partial charge is 0.526 e. The number of hydrogen-bond donors (Lipinski definition) is 0. The zero-order valence-electron chi connectivity index (χ0n) is 3.72. The second-order valence-electron chi connectivity index (χ2n) is 0.904. The van der Waals surface area contributed by atoms with Gasteiger partial charge in [-0.05, 0) is 0 Å². The monoisotopic (exact) mass is 94.0 g/mol. The molecule has 0 bridgehead atoms. The van der Waals surface area contributed by atoms with Crippen LogP contribution in [-0.4, -0.2) is 5.91 Å². The van der Waals surface area contributed by atoms with E-state index in [1.807, 2.05) is 0 Å². The highest BCUT2D eigenvalue weighted by Gasteiger charge is 2.03. The van der Waals surface area contributed by atoms with Crippen LogP contribution in [0, 0.1) is 18.9 Å². The third-order valence-corrected chi connectivity index (χ3v) is 0.397. The van der Waals surface area contributed by atoms with Crippen LogP contribution in [0.1, 0.15) is 6.42 Å². The highest BCUT2D eigenvalue weighted by Crippen LogP contribution is 1.77. The molecule has 1 amide bonds. The predicted molar refractivity (Wildman–Crippen MR) is 26.8 cm³/mol. The van der Waals surface area contributed by atoms with Gasteiger partial charge in [0, 0.05) is 4.85 Å². The second kappa shape index (κ2) is 2.93. The second-order valence-corrected chi connectivity index (χ2v) is 0.904. The Morgan fingerprint density at radius 1 is 1.86 bits per heavy atom. The maximum absolute atomic E-state index is 9.98. The lowest BCUT2D eigenvalue weighted by Crippen LogP contribution is -1.83. The van der Waals surface area contributed by atoms with Crippen molar-refractivity contribution in [3.63, 3.8) is 0 Å². The number of terminal acetylenes is 1. The van der Waals surface area contributed by atoms with Gasteiger partial charge in [-0.1, -0.05) is 5.92 Å². The summed E-state index contributed by atoms with van der Waals surface area (Å²) < 4.78 is 0. The maximum atomic E-state index is 9.98. The smallest absolute Gasteiger partial charge is 0.199 e. The molecule has 7 heavy (non-hydrogen) atoms. The van der Waals surface area contributed by atoms with Crippen LogP contribution in [0.25, 0.3) is 4.85 Å². The van der Waals surface area contributed by atoms with Gasteiger partial charge in [-0.15, -0.1) is 6.42 Å². The average molecular weight is 94.1 g/mol. The Morgan fingerprint density at radius 3 is 2.57 bits per heavy atom. The first kappa shape index (κ1) is 5.72. The molecule has 0 aliphatic carbocycles. The van der Waals surface area contributed by atoms with Gasteiger partial charge < -0.3 is 0 Å². The van der Waals surface area contributed by atoms with Crippen molar-refractivity contribution in [1.29, 1.82) is 0 Å². The van der Waals surface area contributed by atoms with Gasteiger partial charge in [0.15, 0.2) is 6.42 Å². The Morgan fingerprint density at radius 2 is 2.43 bits per heavy atom. The minimum absolute atomic E-state index is 0.00347. The predicted octanol–water partition coefficient (Wildman–Crippen LogP) is 0.499. The Bertz CT molecular complexity index is 146. The van der Waals surface area contributed by atoms with E-state index in [2.05, 4.69) is 17.3 Å². The topological polar surface area (TPSA) is 21.4 Å². The summed E-state index contributed by atoms with van der Waals surface area (Å²) in [6.45, 7) is 4.54. The molecule has 2 heteroatoms. The van der Waals surface area contributed by atoms with Crippen LogP contribution in [0.2, 0.25) is 0 Å². The molecule has 0 atom stereocenters. The average Bonchev–Trinajstić information content (AvgIpc) is 1.68. The van der Waals surface area contributed by atoms with Gasteiger partial charge in [-0.2, -0.15) is 4.79 Å². The summed E-state index contributed by atoms with van der Waals surface area (Å²) in [5.41, 5.74) is 0. The molecule has 0 N–H and O–H groups in total. The molecule has 0 unspecified atom stereocenters. The van der Waals surface area contributed by atoms with Crippen LogP contribution in [0.15, 0.2) is 0 Å². The molecule has 0 radical (unpaired) electrons. The van der Waals surface area contributed by atoms with E-state index in [4.69, 9.17) is 6.42 Å². The number of carbonyl (C=O) groups excluding carboxylic acids is 1. The summed E-state index contributed by atoms with van der Waals surface area (Å²) in [6, 6.07) is 0. The Kier molecular flexibility index (Phi) is 2.40. The lowest BCUT2D eigenvalue weighted by molar-refractivity contribution is -0.113. The molecule has 0 spiro atoms. The van der Waals surface area contributed by atoms with E-state index in [-0.39, 0.29) is 6.42 Å². The van der Waals surface area contributed by atoms with Gasteiger partial charge in [-0.25, -0.2) is 0 Å². The van der Waals surface area contributed by atoms with Crippen molar-refractivity contribution >= 4 is 5.91 Å². The van der Waals surface area contributed by atoms with Crippen molar-refractivity contribution in [2.24, 2.45) is 0 Å². The molecule has 0 heterocycles. The fourth-order valence-electron chi connectivity index (χ4n) is 0.133. The fourth-order valence-corrected chi connectivity index (χ4v) is 0.133. The lowest BCUT2D eigenvalue weighted by Gasteiger charge is -1.59. The van der Waals surface area contributed by atoms with Gasteiger partial charge in [0.1, 0.15) is 0 Å². The van der Waals surface area contributed by atoms with Gasteiger partial charge in [0.05, 0.1) is 0 Å².